The molecule has 4 atom stereocenters. The SMILES string of the molecule is CC1=CC[C@@H]2C[C@@H]1[C@@H](c1ccc(OC[C@@H](O)CN3CCCCC3)cc1)OC2(C)C. The number of ether oxygens (including phenoxy) is 2. The molecule has 1 aliphatic carbocycles. The molecule has 4 heteroatoms. The van der Waals surface area contributed by atoms with E-state index in [0.29, 0.717) is 25.0 Å². The maximum Gasteiger partial charge on any atom is 0.119 e. The lowest BCUT2D eigenvalue weighted by atomic mass is 9.69. The summed E-state index contributed by atoms with van der Waals surface area (Å²) in [5.41, 5.74) is 2.59. The number of likely N-dealkylation sites (tertiary alicyclic amines) is 1. The molecule has 4 rings (SSSR count). The summed E-state index contributed by atoms with van der Waals surface area (Å²) in [5.74, 6) is 1.90. The zero-order valence-electron chi connectivity index (χ0n) is 18.3. The molecule has 1 N–H and O–H groups in total. The van der Waals surface area contributed by atoms with Gasteiger partial charge in [-0.15, -0.1) is 0 Å². The van der Waals surface area contributed by atoms with E-state index in [1.165, 1.54) is 36.8 Å². The monoisotopic (exact) mass is 399 g/mol. The Kier molecular flexibility index (Phi) is 6.33. The van der Waals surface area contributed by atoms with Crippen LogP contribution in [-0.4, -0.2) is 48.0 Å². The summed E-state index contributed by atoms with van der Waals surface area (Å²) in [6.07, 6.45) is 8.22. The molecule has 2 aliphatic heterocycles. The van der Waals surface area contributed by atoms with Crippen LogP contribution in [0.2, 0.25) is 0 Å². The van der Waals surface area contributed by atoms with Gasteiger partial charge in [-0.1, -0.05) is 30.2 Å². The number of fused-ring (bicyclic) bond motifs is 2. The van der Waals surface area contributed by atoms with Crippen molar-refractivity contribution in [3.63, 3.8) is 0 Å². The van der Waals surface area contributed by atoms with Crippen LogP contribution in [0.15, 0.2) is 35.9 Å². The van der Waals surface area contributed by atoms with Crippen molar-refractivity contribution < 1.29 is 14.6 Å². The standard InChI is InChI=1S/C25H37NO3/c1-18-7-10-20-15-23(18)24(29-25(20,2)3)19-8-11-22(12-9-19)28-17-21(27)16-26-13-5-4-6-14-26/h7-9,11-12,20-21,23-24,27H,4-6,10,13-17H2,1-3H3/t20-,21+,23+,24-/m1/s1. The van der Waals surface area contributed by atoms with Crippen molar-refractivity contribution in [3.8, 4) is 5.75 Å². The van der Waals surface area contributed by atoms with Gasteiger partial charge in [0.25, 0.3) is 0 Å². The molecule has 3 aliphatic rings. The molecule has 4 nitrogen and oxygen atoms in total. The molecular formula is C25H37NO3. The van der Waals surface area contributed by atoms with E-state index in [9.17, 15) is 5.11 Å². The predicted molar refractivity (Wildman–Crippen MR) is 116 cm³/mol. The van der Waals surface area contributed by atoms with Gasteiger partial charge in [-0.3, -0.25) is 0 Å². The first-order chi connectivity index (χ1) is 13.9. The third-order valence-electron chi connectivity index (χ3n) is 7.20. The molecule has 29 heavy (non-hydrogen) atoms. The second-order valence-corrected chi connectivity index (χ2v) is 9.76. The Morgan fingerprint density at radius 3 is 2.62 bits per heavy atom. The molecule has 1 aromatic carbocycles. The molecule has 0 spiro atoms. The molecule has 2 heterocycles. The fourth-order valence-corrected chi connectivity index (χ4v) is 5.24. The Hall–Kier alpha value is -1.36. The highest BCUT2D eigenvalue weighted by atomic mass is 16.5. The third kappa shape index (κ3) is 4.87. The van der Waals surface area contributed by atoms with Gasteiger partial charge >= 0.3 is 0 Å². The Morgan fingerprint density at radius 1 is 1.17 bits per heavy atom. The van der Waals surface area contributed by atoms with Gasteiger partial charge in [-0.2, -0.15) is 0 Å². The number of aliphatic hydroxyl groups excluding tert-OH is 1. The maximum atomic E-state index is 10.3. The minimum absolute atomic E-state index is 0.0912. The van der Waals surface area contributed by atoms with Crippen LogP contribution in [0, 0.1) is 11.8 Å². The topological polar surface area (TPSA) is 41.9 Å². The molecule has 0 unspecified atom stereocenters. The van der Waals surface area contributed by atoms with Crippen molar-refractivity contribution in [2.24, 2.45) is 11.8 Å². The van der Waals surface area contributed by atoms with Gasteiger partial charge in [-0.05, 0) is 83.2 Å². The number of hydrogen-bond donors (Lipinski definition) is 1. The van der Waals surface area contributed by atoms with Gasteiger partial charge < -0.3 is 19.5 Å². The van der Waals surface area contributed by atoms with Crippen molar-refractivity contribution in [2.45, 2.75) is 70.7 Å². The summed E-state index contributed by atoms with van der Waals surface area (Å²) in [5, 5.41) is 10.3. The van der Waals surface area contributed by atoms with E-state index in [-0.39, 0.29) is 11.7 Å². The molecule has 2 saturated heterocycles. The minimum atomic E-state index is -0.442. The summed E-state index contributed by atoms with van der Waals surface area (Å²) >= 11 is 0. The summed E-state index contributed by atoms with van der Waals surface area (Å²) in [7, 11) is 0. The van der Waals surface area contributed by atoms with Crippen LogP contribution in [0.5, 0.6) is 5.75 Å². The lowest BCUT2D eigenvalue weighted by molar-refractivity contribution is -0.166. The zero-order chi connectivity index (χ0) is 20.4. The number of piperidine rings is 1. The Bertz CT molecular complexity index is 705. The quantitative estimate of drug-likeness (QED) is 0.702. The van der Waals surface area contributed by atoms with E-state index in [0.717, 1.165) is 25.3 Å². The first-order valence-corrected chi connectivity index (χ1v) is 11.4. The van der Waals surface area contributed by atoms with Crippen molar-refractivity contribution in [1.82, 2.24) is 4.90 Å². The number of hydrogen-bond acceptors (Lipinski definition) is 4. The zero-order valence-corrected chi connectivity index (χ0v) is 18.3. The Morgan fingerprint density at radius 2 is 1.90 bits per heavy atom. The van der Waals surface area contributed by atoms with Gasteiger partial charge in [0.15, 0.2) is 0 Å². The summed E-state index contributed by atoms with van der Waals surface area (Å²) in [6, 6.07) is 8.31. The van der Waals surface area contributed by atoms with Crippen molar-refractivity contribution >= 4 is 0 Å². The smallest absolute Gasteiger partial charge is 0.119 e. The minimum Gasteiger partial charge on any atom is -0.491 e. The second kappa shape index (κ2) is 8.79. The highest BCUT2D eigenvalue weighted by molar-refractivity contribution is 5.31. The molecule has 2 fully saturated rings. The van der Waals surface area contributed by atoms with Crippen molar-refractivity contribution in [3.05, 3.63) is 41.5 Å². The highest BCUT2D eigenvalue weighted by Crippen LogP contribution is 2.50. The first kappa shape index (κ1) is 20.9. The van der Waals surface area contributed by atoms with Gasteiger partial charge in [0.05, 0.1) is 11.7 Å². The maximum absolute atomic E-state index is 10.3. The van der Waals surface area contributed by atoms with Crippen LogP contribution >= 0.6 is 0 Å². The molecule has 0 amide bonds. The lowest BCUT2D eigenvalue weighted by Gasteiger charge is -2.49. The lowest BCUT2D eigenvalue weighted by Crippen LogP contribution is -2.45. The number of β-amino-alcohol motifs (C(OH)–C–C–N with tert-alkyl or cyclic N) is 1. The van der Waals surface area contributed by atoms with E-state index >= 15 is 0 Å². The largest absolute Gasteiger partial charge is 0.491 e. The van der Waals surface area contributed by atoms with Gasteiger partial charge in [0.1, 0.15) is 18.5 Å². The molecule has 0 radical (unpaired) electrons. The Balaban J connectivity index is 1.35. The number of benzene rings is 1. The number of nitrogens with zero attached hydrogens (tertiary/aromatic N) is 1. The molecule has 0 saturated carbocycles. The van der Waals surface area contributed by atoms with E-state index in [1.54, 1.807) is 0 Å². The molecular weight excluding hydrogens is 362 g/mol. The fraction of sp³-hybridized carbons (Fsp3) is 0.680. The van der Waals surface area contributed by atoms with Crippen LogP contribution in [-0.2, 0) is 4.74 Å². The van der Waals surface area contributed by atoms with E-state index in [4.69, 9.17) is 9.47 Å². The van der Waals surface area contributed by atoms with Crippen LogP contribution in [0.1, 0.15) is 64.5 Å². The van der Waals surface area contributed by atoms with E-state index in [1.807, 2.05) is 12.1 Å². The summed E-state index contributed by atoms with van der Waals surface area (Å²) in [4.78, 5) is 2.34. The normalized spacial score (nSPS) is 30.5. The molecule has 1 aromatic rings. The van der Waals surface area contributed by atoms with Crippen molar-refractivity contribution in [1.29, 1.82) is 0 Å². The number of allylic oxidation sites excluding steroid dienone is 1. The number of rotatable bonds is 6. The van der Waals surface area contributed by atoms with Gasteiger partial charge in [0, 0.05) is 12.5 Å². The summed E-state index contributed by atoms with van der Waals surface area (Å²) < 4.78 is 12.5. The van der Waals surface area contributed by atoms with Crippen LogP contribution in [0.4, 0.5) is 0 Å². The first-order valence-electron chi connectivity index (χ1n) is 11.4. The van der Waals surface area contributed by atoms with Crippen LogP contribution in [0.3, 0.4) is 0 Å². The highest BCUT2D eigenvalue weighted by Gasteiger charge is 2.45. The fourth-order valence-electron chi connectivity index (χ4n) is 5.24. The molecule has 160 valence electrons. The van der Waals surface area contributed by atoms with E-state index < -0.39 is 6.10 Å². The predicted octanol–water partition coefficient (Wildman–Crippen LogP) is 4.73. The van der Waals surface area contributed by atoms with Crippen LogP contribution < -0.4 is 4.74 Å². The van der Waals surface area contributed by atoms with Crippen molar-refractivity contribution in [2.75, 3.05) is 26.2 Å². The number of aliphatic hydroxyl groups is 1. The van der Waals surface area contributed by atoms with Crippen LogP contribution in [0.25, 0.3) is 0 Å². The molecule has 2 bridgehead atoms. The summed E-state index contributed by atoms with van der Waals surface area (Å²) in [6.45, 7) is 9.95. The van der Waals surface area contributed by atoms with E-state index in [2.05, 4.69) is 43.9 Å². The molecule has 0 aromatic heterocycles. The van der Waals surface area contributed by atoms with Gasteiger partial charge in [0.2, 0.25) is 0 Å². The second-order valence-electron chi connectivity index (χ2n) is 9.76. The third-order valence-corrected chi connectivity index (χ3v) is 7.20. The average molecular weight is 400 g/mol. The van der Waals surface area contributed by atoms with Gasteiger partial charge in [-0.25, -0.2) is 0 Å². The average Bonchev–Trinajstić information content (AvgIpc) is 2.72. The Labute approximate surface area is 175 Å².